The fraction of sp³-hybridized carbons (Fsp3) is 0.818. The van der Waals surface area contributed by atoms with Crippen LogP contribution in [0.4, 0.5) is 0 Å². The molecule has 0 radical (unpaired) electrons. The molecule has 1 aliphatic heterocycles. The summed E-state index contributed by atoms with van der Waals surface area (Å²) in [7, 11) is 0. The Morgan fingerprint density at radius 3 is 2.69 bits per heavy atom. The van der Waals surface area contributed by atoms with Gasteiger partial charge < -0.3 is 10.0 Å². The van der Waals surface area contributed by atoms with Gasteiger partial charge in [0.1, 0.15) is 5.54 Å². The Morgan fingerprint density at radius 1 is 1.56 bits per heavy atom. The van der Waals surface area contributed by atoms with Gasteiger partial charge in [-0.15, -0.1) is 0 Å². The quantitative estimate of drug-likeness (QED) is 0.814. The number of hydrogen-bond donors (Lipinski definition) is 1. The van der Waals surface area contributed by atoms with Crippen molar-refractivity contribution in [2.75, 3.05) is 18.6 Å². The molecule has 1 fully saturated rings. The number of carbonyl (C=O) groups is 2. The molecule has 16 heavy (non-hydrogen) atoms. The maximum atomic E-state index is 12.1. The SMILES string of the molecule is CSCC(C)C(=O)N1CCCC1(C)C(=O)O. The van der Waals surface area contributed by atoms with E-state index in [0.717, 1.165) is 12.2 Å². The number of amides is 1. The first-order chi connectivity index (χ1) is 7.43. The van der Waals surface area contributed by atoms with Crippen LogP contribution in [0.2, 0.25) is 0 Å². The van der Waals surface area contributed by atoms with Crippen LogP contribution in [0.25, 0.3) is 0 Å². The molecule has 1 amide bonds. The number of thioether (sulfide) groups is 1. The monoisotopic (exact) mass is 245 g/mol. The summed E-state index contributed by atoms with van der Waals surface area (Å²) >= 11 is 1.61. The standard InChI is InChI=1S/C11H19NO3S/c1-8(7-16-3)9(13)12-6-4-5-11(12,2)10(14)15/h8H,4-7H2,1-3H3,(H,14,15). The summed E-state index contributed by atoms with van der Waals surface area (Å²) in [6.45, 7) is 4.08. The van der Waals surface area contributed by atoms with Crippen molar-refractivity contribution in [3.8, 4) is 0 Å². The number of rotatable bonds is 4. The smallest absolute Gasteiger partial charge is 0.329 e. The van der Waals surface area contributed by atoms with Crippen molar-refractivity contribution in [3.63, 3.8) is 0 Å². The minimum Gasteiger partial charge on any atom is -0.480 e. The van der Waals surface area contributed by atoms with Crippen LogP contribution in [0.5, 0.6) is 0 Å². The second-order valence-electron chi connectivity index (χ2n) is 4.53. The molecule has 0 saturated carbocycles. The molecule has 0 bridgehead atoms. The van der Waals surface area contributed by atoms with Gasteiger partial charge in [0, 0.05) is 18.2 Å². The van der Waals surface area contributed by atoms with E-state index in [4.69, 9.17) is 0 Å². The second-order valence-corrected chi connectivity index (χ2v) is 5.44. The van der Waals surface area contributed by atoms with Crippen molar-refractivity contribution in [2.45, 2.75) is 32.2 Å². The number of carboxylic acid groups (broad SMARTS) is 1. The predicted octanol–water partition coefficient (Wildman–Crippen LogP) is 1.45. The van der Waals surface area contributed by atoms with Gasteiger partial charge >= 0.3 is 5.97 Å². The molecule has 2 unspecified atom stereocenters. The highest BCUT2D eigenvalue weighted by molar-refractivity contribution is 7.98. The Morgan fingerprint density at radius 2 is 2.19 bits per heavy atom. The molecule has 92 valence electrons. The molecule has 1 N–H and O–H groups in total. The molecule has 2 atom stereocenters. The number of likely N-dealkylation sites (tertiary alicyclic amines) is 1. The topological polar surface area (TPSA) is 57.6 Å². The third-order valence-electron chi connectivity index (χ3n) is 3.21. The number of aliphatic carboxylic acids is 1. The summed E-state index contributed by atoms with van der Waals surface area (Å²) in [4.78, 5) is 24.9. The van der Waals surface area contributed by atoms with Gasteiger partial charge in [0.25, 0.3) is 0 Å². The maximum absolute atomic E-state index is 12.1. The Labute approximate surface area is 100 Å². The van der Waals surface area contributed by atoms with Gasteiger partial charge in [-0.1, -0.05) is 6.92 Å². The van der Waals surface area contributed by atoms with Gasteiger partial charge in [-0.2, -0.15) is 11.8 Å². The molecule has 4 nitrogen and oxygen atoms in total. The van der Waals surface area contributed by atoms with E-state index in [1.165, 1.54) is 4.90 Å². The van der Waals surface area contributed by atoms with Crippen LogP contribution in [0.3, 0.4) is 0 Å². The van der Waals surface area contributed by atoms with Crippen LogP contribution < -0.4 is 0 Å². The molecule has 5 heteroatoms. The van der Waals surface area contributed by atoms with E-state index in [9.17, 15) is 14.7 Å². The number of nitrogens with zero attached hydrogens (tertiary/aromatic N) is 1. The molecular weight excluding hydrogens is 226 g/mol. The number of carbonyl (C=O) groups excluding carboxylic acids is 1. The van der Waals surface area contributed by atoms with Gasteiger partial charge in [0.2, 0.25) is 5.91 Å². The van der Waals surface area contributed by atoms with Gasteiger partial charge in [0.05, 0.1) is 0 Å². The fourth-order valence-corrected chi connectivity index (χ4v) is 2.77. The zero-order chi connectivity index (χ0) is 12.3. The molecule has 1 heterocycles. The largest absolute Gasteiger partial charge is 0.480 e. The lowest BCUT2D eigenvalue weighted by atomic mass is 9.98. The summed E-state index contributed by atoms with van der Waals surface area (Å²) in [5.41, 5.74) is -0.996. The average molecular weight is 245 g/mol. The second kappa shape index (κ2) is 5.08. The molecule has 1 saturated heterocycles. The van der Waals surface area contributed by atoms with Crippen LogP contribution in [0, 0.1) is 5.92 Å². The van der Waals surface area contributed by atoms with Crippen molar-refractivity contribution in [1.29, 1.82) is 0 Å². The molecule has 0 aliphatic carbocycles. The summed E-state index contributed by atoms with van der Waals surface area (Å²) in [5, 5.41) is 9.20. The van der Waals surface area contributed by atoms with E-state index in [1.54, 1.807) is 18.7 Å². The molecule has 1 aliphatic rings. The third kappa shape index (κ3) is 2.34. The Kier molecular flexibility index (Phi) is 4.24. The highest BCUT2D eigenvalue weighted by atomic mass is 32.2. The first kappa shape index (κ1) is 13.4. The van der Waals surface area contributed by atoms with Gasteiger partial charge in [-0.05, 0) is 26.0 Å². The van der Waals surface area contributed by atoms with Crippen LogP contribution in [0.1, 0.15) is 26.7 Å². The molecule has 0 aromatic rings. The summed E-state index contributed by atoms with van der Waals surface area (Å²) in [6, 6.07) is 0. The van der Waals surface area contributed by atoms with Crippen LogP contribution >= 0.6 is 11.8 Å². The van der Waals surface area contributed by atoms with Crippen LogP contribution in [-0.2, 0) is 9.59 Å². The summed E-state index contributed by atoms with van der Waals surface area (Å²) in [6.07, 6.45) is 3.28. The highest BCUT2D eigenvalue weighted by Gasteiger charge is 2.46. The van der Waals surface area contributed by atoms with Gasteiger partial charge in [0.15, 0.2) is 0 Å². The van der Waals surface area contributed by atoms with E-state index in [2.05, 4.69) is 0 Å². The fourth-order valence-electron chi connectivity index (χ4n) is 2.13. The maximum Gasteiger partial charge on any atom is 0.329 e. The zero-order valence-corrected chi connectivity index (χ0v) is 10.8. The van der Waals surface area contributed by atoms with E-state index >= 15 is 0 Å². The van der Waals surface area contributed by atoms with E-state index < -0.39 is 11.5 Å². The predicted molar refractivity (Wildman–Crippen MR) is 64.5 cm³/mol. The zero-order valence-electron chi connectivity index (χ0n) is 10.0. The van der Waals surface area contributed by atoms with E-state index in [0.29, 0.717) is 13.0 Å². The number of carboxylic acids is 1. The number of hydrogen-bond acceptors (Lipinski definition) is 3. The van der Waals surface area contributed by atoms with E-state index in [1.807, 2.05) is 13.2 Å². The first-order valence-corrected chi connectivity index (χ1v) is 6.86. The lowest BCUT2D eigenvalue weighted by Gasteiger charge is -2.33. The molecular formula is C11H19NO3S. The van der Waals surface area contributed by atoms with Crippen LogP contribution in [-0.4, -0.2) is 46.0 Å². The average Bonchev–Trinajstić information content (AvgIpc) is 2.61. The van der Waals surface area contributed by atoms with Gasteiger partial charge in [-0.3, -0.25) is 4.79 Å². The molecule has 0 aromatic carbocycles. The minimum absolute atomic E-state index is 0.0308. The lowest BCUT2D eigenvalue weighted by Crippen LogP contribution is -2.52. The van der Waals surface area contributed by atoms with Crippen molar-refractivity contribution in [2.24, 2.45) is 5.92 Å². The normalized spacial score (nSPS) is 26.8. The Hall–Kier alpha value is -0.710. The third-order valence-corrected chi connectivity index (χ3v) is 4.04. The van der Waals surface area contributed by atoms with Crippen LogP contribution in [0.15, 0.2) is 0 Å². The van der Waals surface area contributed by atoms with Crippen molar-refractivity contribution < 1.29 is 14.7 Å². The van der Waals surface area contributed by atoms with Gasteiger partial charge in [-0.25, -0.2) is 4.79 Å². The molecule has 0 aromatic heterocycles. The van der Waals surface area contributed by atoms with Crippen molar-refractivity contribution >= 4 is 23.6 Å². The van der Waals surface area contributed by atoms with E-state index in [-0.39, 0.29) is 11.8 Å². The Balaban J connectivity index is 2.79. The van der Waals surface area contributed by atoms with Crippen molar-refractivity contribution in [3.05, 3.63) is 0 Å². The summed E-state index contributed by atoms with van der Waals surface area (Å²) in [5.74, 6) is -0.288. The summed E-state index contributed by atoms with van der Waals surface area (Å²) < 4.78 is 0. The minimum atomic E-state index is -0.996. The van der Waals surface area contributed by atoms with Crippen molar-refractivity contribution in [1.82, 2.24) is 4.90 Å². The highest BCUT2D eigenvalue weighted by Crippen LogP contribution is 2.30. The molecule has 1 rings (SSSR count). The molecule has 0 spiro atoms. The first-order valence-electron chi connectivity index (χ1n) is 5.47. The Bertz CT molecular complexity index is 295. The lowest BCUT2D eigenvalue weighted by molar-refractivity contribution is -0.156.